The minimum Gasteiger partial charge on any atom is -0.371 e. The zero-order valence-electron chi connectivity index (χ0n) is 18.7. The van der Waals surface area contributed by atoms with Crippen LogP contribution in [0.15, 0.2) is 60.9 Å². The first-order valence-electron chi connectivity index (χ1n) is 11.5. The maximum atomic E-state index is 15.2. The van der Waals surface area contributed by atoms with Crippen LogP contribution in [0, 0.1) is 5.82 Å². The molecule has 2 aliphatic rings. The van der Waals surface area contributed by atoms with Crippen molar-refractivity contribution in [2.24, 2.45) is 0 Å². The number of piperidine rings is 1. The average molecular weight is 595 g/mol. The molecule has 2 aromatic carbocycles. The number of benzene rings is 2. The first kappa shape index (κ1) is 23.7. The number of hydrogen-bond donors (Lipinski definition) is 0. The zero-order chi connectivity index (χ0) is 23.7. The summed E-state index contributed by atoms with van der Waals surface area (Å²) in [5.74, 6) is -0.364. The molecule has 2 fully saturated rings. The molecule has 180 valence electrons. The van der Waals surface area contributed by atoms with Crippen molar-refractivity contribution in [1.29, 1.82) is 0 Å². The highest BCUT2D eigenvalue weighted by molar-refractivity contribution is 14.1. The van der Waals surface area contributed by atoms with Crippen LogP contribution < -0.4 is 4.90 Å². The van der Waals surface area contributed by atoms with Crippen LogP contribution >= 0.6 is 22.6 Å². The van der Waals surface area contributed by atoms with Crippen LogP contribution in [-0.2, 0) is 16.6 Å². The number of anilines is 1. The molecule has 2 aliphatic heterocycles. The van der Waals surface area contributed by atoms with Gasteiger partial charge in [-0.1, -0.05) is 64.2 Å². The average Bonchev–Trinajstić information content (AvgIpc) is 3.38. The van der Waals surface area contributed by atoms with Gasteiger partial charge in [0.15, 0.2) is 0 Å². The standard InChI is InChI=1S/C24H27FIN5O2S/c25-22-16-21(29-13-10-20(11-14-29)30-15-12-27-28-30)7-6-19(22)17-31-24(26)9-8-23(34(31,32)33)18-4-2-1-3-5-18/h1-7,12,15-16,20,23-24H,8-11,13-14,17H2/t23?,24-/m1/s1. The van der Waals surface area contributed by atoms with Gasteiger partial charge >= 0.3 is 0 Å². The molecule has 0 aliphatic carbocycles. The van der Waals surface area contributed by atoms with Crippen molar-refractivity contribution in [2.75, 3.05) is 18.0 Å². The third-order valence-corrected chi connectivity index (χ3v) is 10.8. The maximum Gasteiger partial charge on any atom is 0.222 e. The van der Waals surface area contributed by atoms with E-state index >= 15 is 4.39 Å². The molecule has 3 heterocycles. The molecule has 1 unspecified atom stereocenters. The van der Waals surface area contributed by atoms with Gasteiger partial charge in [-0.15, -0.1) is 5.10 Å². The van der Waals surface area contributed by atoms with Gasteiger partial charge in [0.1, 0.15) is 11.1 Å². The lowest BCUT2D eigenvalue weighted by Gasteiger charge is -2.37. The van der Waals surface area contributed by atoms with Crippen molar-refractivity contribution in [3.05, 3.63) is 77.9 Å². The molecule has 0 spiro atoms. The Balaban J connectivity index is 1.30. The van der Waals surface area contributed by atoms with Crippen molar-refractivity contribution in [1.82, 2.24) is 19.3 Å². The third-order valence-electron chi connectivity index (χ3n) is 6.84. The molecule has 0 amide bonds. The lowest BCUT2D eigenvalue weighted by atomic mass is 10.0. The van der Waals surface area contributed by atoms with Crippen LogP contribution in [0.5, 0.6) is 0 Å². The van der Waals surface area contributed by atoms with Gasteiger partial charge in [0, 0.05) is 37.1 Å². The maximum absolute atomic E-state index is 15.2. The molecular formula is C24H27FIN5O2S. The molecule has 2 saturated heterocycles. The summed E-state index contributed by atoms with van der Waals surface area (Å²) in [6.45, 7) is 1.65. The number of nitrogens with zero attached hydrogens (tertiary/aromatic N) is 5. The van der Waals surface area contributed by atoms with E-state index in [0.29, 0.717) is 18.0 Å². The van der Waals surface area contributed by atoms with E-state index in [1.807, 2.05) is 47.3 Å². The van der Waals surface area contributed by atoms with Gasteiger partial charge in [-0.05, 0) is 43.4 Å². The smallest absolute Gasteiger partial charge is 0.222 e. The number of aromatic nitrogens is 3. The fourth-order valence-electron chi connectivity index (χ4n) is 4.93. The Hall–Kier alpha value is -2.05. The molecule has 3 aromatic rings. The normalized spacial score (nSPS) is 23.8. The Morgan fingerprint density at radius 3 is 2.47 bits per heavy atom. The van der Waals surface area contributed by atoms with E-state index in [1.165, 1.54) is 4.31 Å². The summed E-state index contributed by atoms with van der Waals surface area (Å²) in [5.41, 5.74) is 2.02. The summed E-state index contributed by atoms with van der Waals surface area (Å²) >= 11 is 2.16. The Labute approximate surface area is 213 Å². The van der Waals surface area contributed by atoms with E-state index in [9.17, 15) is 8.42 Å². The highest BCUT2D eigenvalue weighted by atomic mass is 127. The SMILES string of the molecule is O=S1(=O)C(c2ccccc2)CC[C@H](I)N1Cc1ccc(N2CCC(n3ccnn3)CC2)cc1F. The molecule has 2 atom stereocenters. The van der Waals surface area contributed by atoms with Crippen molar-refractivity contribution in [2.45, 2.75) is 47.6 Å². The summed E-state index contributed by atoms with van der Waals surface area (Å²) in [5, 5.41) is 7.39. The number of sulfonamides is 1. The fraction of sp³-hybridized carbons (Fsp3) is 0.417. The first-order valence-corrected chi connectivity index (χ1v) is 14.3. The molecule has 7 nitrogen and oxygen atoms in total. The summed E-state index contributed by atoms with van der Waals surface area (Å²) in [4.78, 5) is 2.17. The lowest BCUT2D eigenvalue weighted by Crippen LogP contribution is -2.43. The van der Waals surface area contributed by atoms with E-state index in [-0.39, 0.29) is 16.4 Å². The molecule has 5 rings (SSSR count). The predicted molar refractivity (Wildman–Crippen MR) is 138 cm³/mol. The minimum atomic E-state index is -3.60. The number of halogens is 2. The summed E-state index contributed by atoms with van der Waals surface area (Å²) < 4.78 is 45.3. The van der Waals surface area contributed by atoms with E-state index < -0.39 is 15.3 Å². The second-order valence-electron chi connectivity index (χ2n) is 8.88. The van der Waals surface area contributed by atoms with E-state index in [4.69, 9.17) is 0 Å². The van der Waals surface area contributed by atoms with Crippen LogP contribution in [0.4, 0.5) is 10.1 Å². The van der Waals surface area contributed by atoms with Gasteiger partial charge in [-0.25, -0.2) is 17.5 Å². The Bertz CT molecular complexity index is 1220. The van der Waals surface area contributed by atoms with Crippen LogP contribution in [-0.4, -0.2) is 44.9 Å². The van der Waals surface area contributed by atoms with Crippen LogP contribution in [0.25, 0.3) is 0 Å². The van der Waals surface area contributed by atoms with Gasteiger partial charge in [0.25, 0.3) is 0 Å². The van der Waals surface area contributed by atoms with Crippen LogP contribution in [0.1, 0.15) is 48.1 Å². The van der Waals surface area contributed by atoms with Crippen molar-refractivity contribution in [3.63, 3.8) is 0 Å². The summed E-state index contributed by atoms with van der Waals surface area (Å²) in [7, 11) is -3.60. The highest BCUT2D eigenvalue weighted by Gasteiger charge is 2.41. The van der Waals surface area contributed by atoms with Crippen molar-refractivity contribution >= 4 is 38.3 Å². The number of rotatable bonds is 5. The minimum absolute atomic E-state index is 0.0414. The Morgan fingerprint density at radius 1 is 1.03 bits per heavy atom. The van der Waals surface area contributed by atoms with Gasteiger partial charge < -0.3 is 4.90 Å². The molecule has 34 heavy (non-hydrogen) atoms. The largest absolute Gasteiger partial charge is 0.371 e. The number of alkyl halides is 1. The molecule has 1 aromatic heterocycles. The third kappa shape index (κ3) is 4.72. The Kier molecular flexibility index (Phi) is 6.90. The van der Waals surface area contributed by atoms with Crippen LogP contribution in [0.3, 0.4) is 0 Å². The summed E-state index contributed by atoms with van der Waals surface area (Å²) in [6, 6.07) is 14.8. The molecule has 0 bridgehead atoms. The highest BCUT2D eigenvalue weighted by Crippen LogP contribution is 2.40. The molecular weight excluding hydrogens is 568 g/mol. The zero-order valence-corrected chi connectivity index (χ0v) is 21.6. The van der Waals surface area contributed by atoms with E-state index in [2.05, 4.69) is 37.8 Å². The van der Waals surface area contributed by atoms with E-state index in [0.717, 1.165) is 43.6 Å². The second-order valence-corrected chi connectivity index (χ2v) is 12.4. The second kappa shape index (κ2) is 9.90. The topological polar surface area (TPSA) is 71.3 Å². The summed E-state index contributed by atoms with van der Waals surface area (Å²) in [6.07, 6.45) is 6.70. The first-order chi connectivity index (χ1) is 16.4. The van der Waals surface area contributed by atoms with Gasteiger partial charge in [-0.2, -0.15) is 4.31 Å². The monoisotopic (exact) mass is 595 g/mol. The lowest BCUT2D eigenvalue weighted by molar-refractivity contribution is 0.342. The van der Waals surface area contributed by atoms with Crippen molar-refractivity contribution in [3.8, 4) is 0 Å². The van der Waals surface area contributed by atoms with E-state index in [1.54, 1.807) is 18.3 Å². The van der Waals surface area contributed by atoms with Gasteiger partial charge in [0.2, 0.25) is 10.0 Å². The molecule has 0 saturated carbocycles. The van der Waals surface area contributed by atoms with Gasteiger partial charge in [-0.3, -0.25) is 0 Å². The molecule has 10 heteroatoms. The molecule has 0 radical (unpaired) electrons. The quantitative estimate of drug-likeness (QED) is 0.243. The van der Waals surface area contributed by atoms with Crippen molar-refractivity contribution < 1.29 is 12.8 Å². The van der Waals surface area contributed by atoms with Crippen LogP contribution in [0.2, 0.25) is 0 Å². The Morgan fingerprint density at radius 2 is 1.79 bits per heavy atom. The number of hydrogen-bond acceptors (Lipinski definition) is 5. The fourth-order valence-corrected chi connectivity index (χ4v) is 8.44. The molecule has 0 N–H and O–H groups in total. The predicted octanol–water partition coefficient (Wildman–Crippen LogP) is 4.69. The van der Waals surface area contributed by atoms with Gasteiger partial charge in [0.05, 0.1) is 16.3 Å².